The van der Waals surface area contributed by atoms with Gasteiger partial charge in [0.1, 0.15) is 5.82 Å². The fourth-order valence-electron chi connectivity index (χ4n) is 3.07. The number of nitrogens with zero attached hydrogens (tertiary/aromatic N) is 3. The lowest BCUT2D eigenvalue weighted by Crippen LogP contribution is -2.24. The zero-order valence-corrected chi connectivity index (χ0v) is 14.5. The highest BCUT2D eigenvalue weighted by atomic mass is 32.2. The molecule has 1 fully saturated rings. The number of carbonyl (C=O) groups is 1. The van der Waals surface area contributed by atoms with Crippen LogP contribution in [-0.2, 0) is 4.79 Å². The summed E-state index contributed by atoms with van der Waals surface area (Å²) in [6.07, 6.45) is 4.38. The molecule has 5 nitrogen and oxygen atoms in total. The average Bonchev–Trinajstić information content (AvgIpc) is 3.23. The van der Waals surface area contributed by atoms with Crippen LogP contribution in [0.1, 0.15) is 38.6 Å². The van der Waals surface area contributed by atoms with Gasteiger partial charge in [0.15, 0.2) is 11.0 Å². The number of halogens is 1. The fourth-order valence-corrected chi connectivity index (χ4v) is 3.91. The molecule has 1 amide bonds. The molecule has 0 saturated heterocycles. The maximum absolute atomic E-state index is 14.2. The molecule has 1 saturated carbocycles. The summed E-state index contributed by atoms with van der Waals surface area (Å²) in [5.41, 5.74) is 0.460. The van der Waals surface area contributed by atoms with E-state index < -0.39 is 0 Å². The minimum absolute atomic E-state index is 0.0316. The largest absolute Gasteiger partial charge is 0.356 e. The number of benzene rings is 1. The van der Waals surface area contributed by atoms with Crippen LogP contribution in [0.2, 0.25) is 0 Å². The molecular formula is C17H21FN4OS. The zero-order chi connectivity index (χ0) is 16.9. The second-order valence-corrected chi connectivity index (χ2v) is 6.78. The average molecular weight is 348 g/mol. The van der Waals surface area contributed by atoms with E-state index in [0.717, 1.165) is 25.7 Å². The third-order valence-electron chi connectivity index (χ3n) is 4.18. The molecular weight excluding hydrogens is 327 g/mol. The van der Waals surface area contributed by atoms with Gasteiger partial charge in [0.05, 0.1) is 11.3 Å². The molecule has 128 valence electrons. The van der Waals surface area contributed by atoms with Gasteiger partial charge in [-0.1, -0.05) is 36.7 Å². The van der Waals surface area contributed by atoms with Crippen molar-refractivity contribution in [1.29, 1.82) is 0 Å². The van der Waals surface area contributed by atoms with Gasteiger partial charge in [-0.3, -0.25) is 9.36 Å². The Morgan fingerprint density at radius 2 is 2.08 bits per heavy atom. The first kappa shape index (κ1) is 17.0. The first-order valence-electron chi connectivity index (χ1n) is 8.30. The Hall–Kier alpha value is -1.89. The normalized spacial score (nSPS) is 14.9. The lowest BCUT2D eigenvalue weighted by Gasteiger charge is -2.17. The van der Waals surface area contributed by atoms with Gasteiger partial charge in [-0.05, 0) is 31.9 Å². The highest BCUT2D eigenvalue weighted by molar-refractivity contribution is 7.99. The molecule has 1 aliphatic rings. The Morgan fingerprint density at radius 1 is 1.33 bits per heavy atom. The Kier molecular flexibility index (Phi) is 5.50. The molecule has 0 radical (unpaired) electrons. The molecule has 1 aromatic heterocycles. The van der Waals surface area contributed by atoms with E-state index in [1.807, 2.05) is 11.5 Å². The van der Waals surface area contributed by atoms with Gasteiger partial charge in [-0.2, -0.15) is 0 Å². The van der Waals surface area contributed by atoms with E-state index in [1.54, 1.807) is 18.2 Å². The third kappa shape index (κ3) is 3.61. The molecule has 0 aliphatic heterocycles. The number of aromatic nitrogens is 3. The summed E-state index contributed by atoms with van der Waals surface area (Å²) in [7, 11) is 0. The van der Waals surface area contributed by atoms with Crippen molar-refractivity contribution in [2.45, 2.75) is 43.8 Å². The van der Waals surface area contributed by atoms with Crippen LogP contribution in [0.5, 0.6) is 0 Å². The molecule has 3 rings (SSSR count). The van der Waals surface area contributed by atoms with Crippen LogP contribution in [0.3, 0.4) is 0 Å². The number of carbonyl (C=O) groups excluding carboxylic acids is 1. The zero-order valence-electron chi connectivity index (χ0n) is 13.7. The van der Waals surface area contributed by atoms with Crippen LogP contribution in [-0.4, -0.2) is 33.0 Å². The van der Waals surface area contributed by atoms with E-state index in [9.17, 15) is 9.18 Å². The van der Waals surface area contributed by atoms with Crippen LogP contribution in [0.4, 0.5) is 4.39 Å². The number of hydrogen-bond donors (Lipinski definition) is 1. The van der Waals surface area contributed by atoms with Crippen LogP contribution >= 0.6 is 11.8 Å². The van der Waals surface area contributed by atoms with Crippen molar-refractivity contribution in [2.75, 3.05) is 12.3 Å². The van der Waals surface area contributed by atoms with E-state index in [4.69, 9.17) is 0 Å². The summed E-state index contributed by atoms with van der Waals surface area (Å²) >= 11 is 1.36. The van der Waals surface area contributed by atoms with Crippen molar-refractivity contribution in [3.63, 3.8) is 0 Å². The summed E-state index contributed by atoms with van der Waals surface area (Å²) in [5, 5.41) is 11.9. The monoisotopic (exact) mass is 348 g/mol. The topological polar surface area (TPSA) is 59.8 Å². The number of hydrogen-bond acceptors (Lipinski definition) is 4. The predicted molar refractivity (Wildman–Crippen MR) is 92.3 cm³/mol. The summed E-state index contributed by atoms with van der Waals surface area (Å²) in [6.45, 7) is 2.50. The van der Waals surface area contributed by atoms with Crippen molar-refractivity contribution < 1.29 is 9.18 Å². The highest BCUT2D eigenvalue weighted by Gasteiger charge is 2.26. The lowest BCUT2D eigenvalue weighted by atomic mass is 10.1. The van der Waals surface area contributed by atoms with E-state index in [2.05, 4.69) is 15.5 Å². The van der Waals surface area contributed by atoms with Crippen LogP contribution in [0.15, 0.2) is 29.4 Å². The molecule has 1 aliphatic carbocycles. The van der Waals surface area contributed by atoms with Gasteiger partial charge >= 0.3 is 0 Å². The van der Waals surface area contributed by atoms with Crippen LogP contribution in [0.25, 0.3) is 11.4 Å². The van der Waals surface area contributed by atoms with E-state index in [1.165, 1.54) is 17.8 Å². The number of thioether (sulfide) groups is 1. The molecule has 1 heterocycles. The van der Waals surface area contributed by atoms with Crippen molar-refractivity contribution in [3.05, 3.63) is 30.1 Å². The quantitative estimate of drug-likeness (QED) is 0.813. The Labute approximate surface area is 145 Å². The molecule has 0 bridgehead atoms. The maximum Gasteiger partial charge on any atom is 0.230 e. The van der Waals surface area contributed by atoms with Crippen LogP contribution < -0.4 is 5.32 Å². The molecule has 1 N–H and O–H groups in total. The Morgan fingerprint density at radius 3 is 2.79 bits per heavy atom. The van der Waals surface area contributed by atoms with E-state index in [-0.39, 0.29) is 23.5 Å². The highest BCUT2D eigenvalue weighted by Crippen LogP contribution is 2.37. The van der Waals surface area contributed by atoms with Crippen molar-refractivity contribution in [1.82, 2.24) is 20.1 Å². The van der Waals surface area contributed by atoms with Gasteiger partial charge in [-0.25, -0.2) is 4.39 Å². The minimum Gasteiger partial charge on any atom is -0.356 e. The lowest BCUT2D eigenvalue weighted by molar-refractivity contribution is -0.118. The molecule has 1 aromatic carbocycles. The minimum atomic E-state index is -0.301. The standard InChI is InChI=1S/C17H21FN4OS/c1-2-19-15(23)11-24-17-21-20-16(13-9-5-6-10-14(13)18)22(17)12-7-3-4-8-12/h5-6,9-10,12H,2-4,7-8,11H2,1H3,(H,19,23). The second kappa shape index (κ2) is 7.79. The van der Waals surface area contributed by atoms with E-state index >= 15 is 0 Å². The van der Waals surface area contributed by atoms with Gasteiger partial charge in [0, 0.05) is 12.6 Å². The van der Waals surface area contributed by atoms with Gasteiger partial charge in [-0.15, -0.1) is 10.2 Å². The summed E-state index contributed by atoms with van der Waals surface area (Å²) in [5.74, 6) is 0.509. The van der Waals surface area contributed by atoms with Gasteiger partial charge in [0.25, 0.3) is 0 Å². The van der Waals surface area contributed by atoms with Gasteiger partial charge in [0.2, 0.25) is 5.91 Å². The maximum atomic E-state index is 14.2. The molecule has 0 spiro atoms. The van der Waals surface area contributed by atoms with Crippen LogP contribution in [0, 0.1) is 5.82 Å². The molecule has 7 heteroatoms. The molecule has 0 atom stereocenters. The van der Waals surface area contributed by atoms with Crippen molar-refractivity contribution in [3.8, 4) is 11.4 Å². The van der Waals surface area contributed by atoms with Crippen molar-refractivity contribution >= 4 is 17.7 Å². The predicted octanol–water partition coefficient (Wildman–Crippen LogP) is 3.43. The second-order valence-electron chi connectivity index (χ2n) is 5.84. The molecule has 2 aromatic rings. The molecule has 24 heavy (non-hydrogen) atoms. The third-order valence-corrected chi connectivity index (χ3v) is 5.12. The fraction of sp³-hybridized carbons (Fsp3) is 0.471. The number of amides is 1. The summed E-state index contributed by atoms with van der Waals surface area (Å²) < 4.78 is 16.2. The first-order chi connectivity index (χ1) is 11.7. The molecule has 0 unspecified atom stereocenters. The number of nitrogens with one attached hydrogen (secondary N) is 1. The number of rotatable bonds is 6. The first-order valence-corrected chi connectivity index (χ1v) is 9.28. The SMILES string of the molecule is CCNC(=O)CSc1nnc(-c2ccccc2F)n1C1CCCC1. The Bertz CT molecular complexity index is 712. The smallest absolute Gasteiger partial charge is 0.230 e. The Balaban J connectivity index is 1.92. The summed E-state index contributed by atoms with van der Waals surface area (Å²) in [6, 6.07) is 6.90. The van der Waals surface area contributed by atoms with Gasteiger partial charge < -0.3 is 5.32 Å². The van der Waals surface area contributed by atoms with Crippen molar-refractivity contribution in [2.24, 2.45) is 0 Å². The van der Waals surface area contributed by atoms with E-state index in [0.29, 0.717) is 23.1 Å². The summed E-state index contributed by atoms with van der Waals surface area (Å²) in [4.78, 5) is 11.7.